The van der Waals surface area contributed by atoms with Gasteiger partial charge in [-0.05, 0) is 13.3 Å². The Bertz CT molecular complexity index is 572. The van der Waals surface area contributed by atoms with Crippen LogP contribution in [0.2, 0.25) is 0 Å². The summed E-state index contributed by atoms with van der Waals surface area (Å²) in [5.41, 5.74) is -2.15. The van der Waals surface area contributed by atoms with Crippen LogP contribution < -0.4 is 0 Å². The highest BCUT2D eigenvalue weighted by atomic mass is 31.2. The van der Waals surface area contributed by atoms with E-state index in [1.165, 1.54) is 64.7 Å². The molecule has 9 heteroatoms. The van der Waals surface area contributed by atoms with Gasteiger partial charge in [-0.3, -0.25) is 9.32 Å². The summed E-state index contributed by atoms with van der Waals surface area (Å²) in [4.78, 5) is 30.9. The number of phosphoric ester groups is 1. The van der Waals surface area contributed by atoms with E-state index >= 15 is 0 Å². The molecular weight excluding hydrogens is 445 g/mol. The Kier molecular flexibility index (Phi) is 16.2. The Morgan fingerprint density at radius 2 is 1.27 bits per heavy atom. The molecule has 0 aliphatic rings. The number of aliphatic hydroxyl groups excluding tert-OH is 1. The zero-order valence-electron chi connectivity index (χ0n) is 21.7. The molecule has 8 nitrogen and oxygen atoms in total. The van der Waals surface area contributed by atoms with Crippen LogP contribution in [-0.2, 0) is 13.9 Å². The minimum absolute atomic E-state index is 0.00838. The maximum atomic E-state index is 12.6. The second kappa shape index (κ2) is 16.4. The molecule has 0 heterocycles. The predicted molar refractivity (Wildman–Crippen MR) is 132 cm³/mol. The fourth-order valence-electron chi connectivity index (χ4n) is 3.99. The lowest BCUT2D eigenvalue weighted by Crippen LogP contribution is -2.57. The summed E-state index contributed by atoms with van der Waals surface area (Å²) in [7, 11) is 0.365. The Morgan fingerprint density at radius 1 is 0.879 bits per heavy atom. The van der Waals surface area contributed by atoms with Gasteiger partial charge in [0.15, 0.2) is 5.78 Å². The van der Waals surface area contributed by atoms with Crippen molar-refractivity contribution in [2.24, 2.45) is 0 Å². The summed E-state index contributed by atoms with van der Waals surface area (Å²) in [6.07, 6.45) is 12.3. The number of unbranched alkanes of at least 4 members (excludes halogenated alkanes) is 12. The van der Waals surface area contributed by atoms with Crippen molar-refractivity contribution >= 4 is 13.6 Å². The lowest BCUT2D eigenvalue weighted by Gasteiger charge is -2.36. The van der Waals surface area contributed by atoms with E-state index in [0.29, 0.717) is 6.42 Å². The highest BCUT2D eigenvalue weighted by molar-refractivity contribution is 7.46. The molecule has 0 bridgehead atoms. The number of hydrogen-bond donors (Lipinski definition) is 4. The quantitative estimate of drug-likeness (QED) is 0.106. The average molecular weight is 497 g/mol. The number of aliphatic hydroxyl groups is 2. The van der Waals surface area contributed by atoms with E-state index in [1.807, 2.05) is 0 Å². The molecule has 4 N–H and O–H groups in total. The lowest BCUT2D eigenvalue weighted by atomic mass is 9.87. The van der Waals surface area contributed by atoms with Crippen LogP contribution in [-0.4, -0.2) is 75.8 Å². The summed E-state index contributed by atoms with van der Waals surface area (Å²) >= 11 is 0. The highest BCUT2D eigenvalue weighted by Gasteiger charge is 2.46. The molecule has 0 aromatic carbocycles. The fraction of sp³-hybridized carbons (Fsp3) is 0.958. The number of quaternary nitrogens is 1. The zero-order chi connectivity index (χ0) is 25.5. The van der Waals surface area contributed by atoms with Crippen LogP contribution >= 0.6 is 7.82 Å². The number of Topliss-reactive ketones (excluding diaryl/α,β-unsaturated/α-hetero) is 1. The maximum Gasteiger partial charge on any atom is 0.470 e. The number of ketones is 1. The summed E-state index contributed by atoms with van der Waals surface area (Å²) in [5, 5.41) is 21.3. The van der Waals surface area contributed by atoms with Crippen molar-refractivity contribution in [2.75, 3.05) is 27.7 Å². The van der Waals surface area contributed by atoms with Gasteiger partial charge in [0.05, 0.1) is 21.1 Å². The van der Waals surface area contributed by atoms with Gasteiger partial charge in [-0.2, -0.15) is 0 Å². The third-order valence-corrected chi connectivity index (χ3v) is 6.55. The minimum Gasteiger partial charge on any atom is -0.387 e. The SMILES string of the molecule is CCCCCCCCCCCCCCCC(=O)C(C)(O)C(O)C(C[N+](C)(C)C)OP(=O)(O)O. The number of likely N-dealkylation sites (N-methyl/N-ethyl adjacent to an activating group) is 1. The van der Waals surface area contributed by atoms with E-state index in [-0.39, 0.29) is 17.4 Å². The van der Waals surface area contributed by atoms with Gasteiger partial charge < -0.3 is 24.5 Å². The van der Waals surface area contributed by atoms with Crippen LogP contribution in [0.1, 0.15) is 104 Å². The Morgan fingerprint density at radius 3 is 1.64 bits per heavy atom. The van der Waals surface area contributed by atoms with E-state index in [4.69, 9.17) is 4.52 Å². The van der Waals surface area contributed by atoms with Crippen molar-refractivity contribution < 1.29 is 38.4 Å². The first kappa shape index (κ1) is 32.7. The fourth-order valence-corrected chi connectivity index (χ4v) is 4.53. The first-order chi connectivity index (χ1) is 15.2. The number of carbonyl (C=O) groups is 1. The molecule has 3 unspecified atom stereocenters. The number of nitrogens with zero attached hydrogens (tertiary/aromatic N) is 1. The van der Waals surface area contributed by atoms with Gasteiger partial charge in [0.2, 0.25) is 0 Å². The van der Waals surface area contributed by atoms with Crippen LogP contribution in [0.15, 0.2) is 0 Å². The number of rotatable bonds is 21. The smallest absolute Gasteiger partial charge is 0.387 e. The molecule has 0 saturated heterocycles. The second-order valence-corrected chi connectivity index (χ2v) is 11.8. The van der Waals surface area contributed by atoms with Gasteiger partial charge in [-0.1, -0.05) is 84.0 Å². The largest absolute Gasteiger partial charge is 0.470 e. The van der Waals surface area contributed by atoms with E-state index in [9.17, 15) is 29.4 Å². The molecule has 198 valence electrons. The van der Waals surface area contributed by atoms with E-state index < -0.39 is 31.4 Å². The third-order valence-electron chi connectivity index (χ3n) is 6.00. The number of carbonyl (C=O) groups excluding carboxylic acids is 1. The normalized spacial score (nSPS) is 16.4. The van der Waals surface area contributed by atoms with Gasteiger partial charge in [0.1, 0.15) is 24.4 Å². The molecule has 0 fully saturated rings. The van der Waals surface area contributed by atoms with Crippen LogP contribution in [0.5, 0.6) is 0 Å². The van der Waals surface area contributed by atoms with Crippen molar-refractivity contribution in [3.8, 4) is 0 Å². The molecule has 0 aromatic rings. The van der Waals surface area contributed by atoms with Gasteiger partial charge in [-0.15, -0.1) is 0 Å². The molecule has 0 aliphatic heterocycles. The van der Waals surface area contributed by atoms with Crippen LogP contribution in [0.3, 0.4) is 0 Å². The minimum atomic E-state index is -4.91. The molecule has 3 atom stereocenters. The van der Waals surface area contributed by atoms with Gasteiger partial charge >= 0.3 is 7.82 Å². The first-order valence-electron chi connectivity index (χ1n) is 12.7. The van der Waals surface area contributed by atoms with E-state index in [0.717, 1.165) is 19.3 Å². The molecule has 0 aliphatic carbocycles. The lowest BCUT2D eigenvalue weighted by molar-refractivity contribution is -0.873. The average Bonchev–Trinajstić information content (AvgIpc) is 2.68. The number of hydrogen-bond acceptors (Lipinski definition) is 5. The molecule has 0 saturated carbocycles. The predicted octanol–water partition coefficient (Wildman–Crippen LogP) is 4.33. The summed E-state index contributed by atoms with van der Waals surface area (Å²) in [5.74, 6) is -0.543. The van der Waals surface area contributed by atoms with Gasteiger partial charge in [0, 0.05) is 6.42 Å². The van der Waals surface area contributed by atoms with Crippen molar-refractivity contribution in [3.05, 3.63) is 0 Å². The second-order valence-electron chi connectivity index (χ2n) is 10.6. The first-order valence-corrected chi connectivity index (χ1v) is 14.2. The number of phosphoric acid groups is 1. The van der Waals surface area contributed by atoms with Crippen molar-refractivity contribution in [2.45, 2.75) is 122 Å². The van der Waals surface area contributed by atoms with Crippen LogP contribution in [0.25, 0.3) is 0 Å². The van der Waals surface area contributed by atoms with E-state index in [1.54, 1.807) is 21.1 Å². The van der Waals surface area contributed by atoms with Crippen molar-refractivity contribution in [1.82, 2.24) is 0 Å². The van der Waals surface area contributed by atoms with Crippen molar-refractivity contribution in [1.29, 1.82) is 0 Å². The molecule has 0 radical (unpaired) electrons. The Hall–Kier alpha value is -0.340. The zero-order valence-corrected chi connectivity index (χ0v) is 22.6. The summed E-state index contributed by atoms with van der Waals surface area (Å²) in [6, 6.07) is 0. The summed E-state index contributed by atoms with van der Waals surface area (Å²) < 4.78 is 16.3. The standard InChI is InChI=1S/C24H50NO7P/c1-6-7-8-9-10-11-12-13-14-15-16-17-18-19-22(26)24(2,28)23(27)21(20-25(3,4)5)32-33(29,30)31/h21,23,27-28H,6-20H2,1-5H3,(H-,29,30,31)/p+1. The maximum absolute atomic E-state index is 12.6. The van der Waals surface area contributed by atoms with Crippen LogP contribution in [0, 0.1) is 0 Å². The van der Waals surface area contributed by atoms with E-state index in [2.05, 4.69) is 6.92 Å². The molecule has 0 aromatic heterocycles. The molecule has 0 rings (SSSR count). The Labute approximate surface area is 201 Å². The van der Waals surface area contributed by atoms with Crippen molar-refractivity contribution in [3.63, 3.8) is 0 Å². The van der Waals surface area contributed by atoms with Gasteiger partial charge in [0.25, 0.3) is 0 Å². The topological polar surface area (TPSA) is 124 Å². The molecule has 0 amide bonds. The molecular formula is C24H51NO7P+. The Balaban J connectivity index is 4.26. The third kappa shape index (κ3) is 16.8. The van der Waals surface area contributed by atoms with Gasteiger partial charge in [-0.25, -0.2) is 4.57 Å². The van der Waals surface area contributed by atoms with Crippen LogP contribution in [0.4, 0.5) is 0 Å². The highest BCUT2D eigenvalue weighted by Crippen LogP contribution is 2.40. The monoisotopic (exact) mass is 496 g/mol. The molecule has 0 spiro atoms. The summed E-state index contributed by atoms with van der Waals surface area (Å²) in [6.45, 7) is 3.43. The molecule has 33 heavy (non-hydrogen) atoms.